The number of rotatable bonds is 28. The van der Waals surface area contributed by atoms with E-state index in [9.17, 15) is 30.0 Å². The molecule has 2 unspecified atom stereocenters. The number of hydrogen-bond donors (Lipinski definition) is 4. The van der Waals surface area contributed by atoms with Crippen molar-refractivity contribution >= 4 is 11.9 Å². The van der Waals surface area contributed by atoms with Gasteiger partial charge in [-0.1, -0.05) is 109 Å². The Bertz CT molecular complexity index is 759. The molecule has 1 fully saturated rings. The molecule has 264 valence electrons. The lowest BCUT2D eigenvalue weighted by molar-refractivity contribution is -0.305. The Balaban J connectivity index is 2.44. The third kappa shape index (κ3) is 20.3. The Hall–Kier alpha value is -1.56. The number of carbonyl (C=O) groups is 2. The first-order chi connectivity index (χ1) is 21.8. The molecule has 0 amide bonds. The van der Waals surface area contributed by atoms with Crippen LogP contribution < -0.4 is 0 Å². The molecule has 0 aromatic carbocycles. The lowest BCUT2D eigenvalue weighted by Crippen LogP contribution is -2.59. The zero-order chi connectivity index (χ0) is 33.1. The summed E-state index contributed by atoms with van der Waals surface area (Å²) in [7, 11) is 0. The molecule has 0 aromatic rings. The molecule has 6 atom stereocenters. The summed E-state index contributed by atoms with van der Waals surface area (Å²) in [5, 5.41) is 39.7. The number of ether oxygens (including phenoxy) is 4. The molecule has 1 aliphatic rings. The van der Waals surface area contributed by atoms with Crippen LogP contribution in [0.3, 0.4) is 0 Å². The Morgan fingerprint density at radius 1 is 0.667 bits per heavy atom. The quantitative estimate of drug-likeness (QED) is 0.0477. The van der Waals surface area contributed by atoms with Crippen LogP contribution in [-0.4, -0.2) is 89.0 Å². The summed E-state index contributed by atoms with van der Waals surface area (Å²) in [5.74, 6) is -0.821. The van der Waals surface area contributed by atoms with Crippen molar-refractivity contribution in [3.8, 4) is 0 Å². The van der Waals surface area contributed by atoms with Crippen molar-refractivity contribution in [2.45, 2.75) is 179 Å². The summed E-state index contributed by atoms with van der Waals surface area (Å²) >= 11 is 0. The van der Waals surface area contributed by atoms with Crippen LogP contribution in [0, 0.1) is 0 Å². The fraction of sp³-hybridized carbons (Fsp3) is 0.886. The van der Waals surface area contributed by atoms with E-state index in [2.05, 4.69) is 26.0 Å². The Kier molecular flexibility index (Phi) is 25.4. The van der Waals surface area contributed by atoms with Gasteiger partial charge in [-0.2, -0.15) is 0 Å². The highest BCUT2D eigenvalue weighted by Crippen LogP contribution is 2.22. The zero-order valence-electron chi connectivity index (χ0n) is 28.1. The van der Waals surface area contributed by atoms with E-state index in [4.69, 9.17) is 18.9 Å². The van der Waals surface area contributed by atoms with Gasteiger partial charge in [0.15, 0.2) is 12.4 Å². The number of aliphatic hydroxyl groups excluding tert-OH is 4. The first-order valence-corrected chi connectivity index (χ1v) is 17.8. The van der Waals surface area contributed by atoms with Crippen LogP contribution in [0.4, 0.5) is 0 Å². The van der Waals surface area contributed by atoms with Crippen LogP contribution in [0.2, 0.25) is 0 Å². The molecule has 1 saturated heterocycles. The van der Waals surface area contributed by atoms with Gasteiger partial charge in [-0.25, -0.2) is 0 Å². The first kappa shape index (κ1) is 41.5. The molecular formula is C35H64O10. The van der Waals surface area contributed by atoms with E-state index in [1.165, 1.54) is 44.9 Å². The lowest BCUT2D eigenvalue weighted by atomic mass is 9.99. The number of aliphatic hydroxyl groups is 4. The first-order valence-electron chi connectivity index (χ1n) is 17.8. The maximum atomic E-state index is 12.6. The minimum absolute atomic E-state index is 0.218. The SMILES string of the molecule is CCCC/C=C/CCCCCCCC(=O)OC[C@H](CO[C@@H]1O[C@H](CO)[C@H](O)C(O)C1O)OC(=O)CCCCCCCCCCC. The fourth-order valence-corrected chi connectivity index (χ4v) is 5.23. The van der Waals surface area contributed by atoms with Gasteiger partial charge in [-0.15, -0.1) is 0 Å². The molecule has 0 spiro atoms. The molecule has 0 aliphatic carbocycles. The monoisotopic (exact) mass is 644 g/mol. The van der Waals surface area contributed by atoms with Crippen molar-refractivity contribution in [1.82, 2.24) is 0 Å². The van der Waals surface area contributed by atoms with E-state index >= 15 is 0 Å². The van der Waals surface area contributed by atoms with Gasteiger partial charge in [-0.05, 0) is 32.1 Å². The largest absolute Gasteiger partial charge is 0.462 e. The predicted molar refractivity (Wildman–Crippen MR) is 173 cm³/mol. The second-order valence-corrected chi connectivity index (χ2v) is 12.3. The van der Waals surface area contributed by atoms with Crippen molar-refractivity contribution < 1.29 is 49.0 Å². The molecule has 1 heterocycles. The van der Waals surface area contributed by atoms with Crippen LogP contribution in [-0.2, 0) is 28.5 Å². The second kappa shape index (κ2) is 27.5. The van der Waals surface area contributed by atoms with Crippen LogP contribution in [0.1, 0.15) is 142 Å². The van der Waals surface area contributed by atoms with Crippen LogP contribution in [0.5, 0.6) is 0 Å². The maximum Gasteiger partial charge on any atom is 0.306 e. The van der Waals surface area contributed by atoms with Gasteiger partial charge in [0.25, 0.3) is 0 Å². The van der Waals surface area contributed by atoms with Crippen LogP contribution in [0.15, 0.2) is 12.2 Å². The highest BCUT2D eigenvalue weighted by Gasteiger charge is 2.44. The van der Waals surface area contributed by atoms with Gasteiger partial charge in [0.05, 0.1) is 13.2 Å². The van der Waals surface area contributed by atoms with E-state index in [1.54, 1.807) is 0 Å². The van der Waals surface area contributed by atoms with Gasteiger partial charge in [0.1, 0.15) is 31.0 Å². The zero-order valence-corrected chi connectivity index (χ0v) is 28.1. The molecule has 10 nitrogen and oxygen atoms in total. The normalized spacial score (nSPS) is 22.5. The van der Waals surface area contributed by atoms with Crippen LogP contribution >= 0.6 is 0 Å². The standard InChI is InChI=1S/C35H64O10/c1-3-5-7-9-11-13-14-16-17-19-21-23-30(37)42-26-28(27-43-35-34(41)33(40)32(39)29(25-36)45-35)44-31(38)24-22-20-18-15-12-10-8-6-4-2/h9,11,28-29,32-36,39-41H,3-8,10,12-27H2,1-2H3/b11-9+/t28-,29-,32+,33?,34?,35-/m1/s1. The minimum atomic E-state index is -1.59. The molecule has 4 N–H and O–H groups in total. The van der Waals surface area contributed by atoms with Gasteiger partial charge in [0, 0.05) is 12.8 Å². The van der Waals surface area contributed by atoms with Crippen molar-refractivity contribution in [2.75, 3.05) is 19.8 Å². The Morgan fingerprint density at radius 3 is 1.80 bits per heavy atom. The van der Waals surface area contributed by atoms with Crippen LogP contribution in [0.25, 0.3) is 0 Å². The summed E-state index contributed by atoms with van der Waals surface area (Å²) in [6.07, 6.45) is 16.7. The second-order valence-electron chi connectivity index (χ2n) is 12.3. The number of hydrogen-bond acceptors (Lipinski definition) is 10. The molecule has 45 heavy (non-hydrogen) atoms. The van der Waals surface area contributed by atoms with E-state index in [0.717, 1.165) is 64.2 Å². The molecule has 1 aliphatic heterocycles. The van der Waals surface area contributed by atoms with E-state index in [0.29, 0.717) is 6.42 Å². The number of esters is 2. The summed E-state index contributed by atoms with van der Waals surface area (Å²) in [5.41, 5.74) is 0. The molecule has 10 heteroatoms. The molecule has 1 rings (SSSR count). The average molecular weight is 645 g/mol. The smallest absolute Gasteiger partial charge is 0.306 e. The van der Waals surface area contributed by atoms with Gasteiger partial charge in [-0.3, -0.25) is 9.59 Å². The van der Waals surface area contributed by atoms with E-state index in [-0.39, 0.29) is 32.0 Å². The minimum Gasteiger partial charge on any atom is -0.462 e. The van der Waals surface area contributed by atoms with Crippen molar-refractivity contribution in [2.24, 2.45) is 0 Å². The third-order valence-corrected chi connectivity index (χ3v) is 8.15. The van der Waals surface area contributed by atoms with Crippen molar-refractivity contribution in [3.05, 3.63) is 12.2 Å². The topological polar surface area (TPSA) is 152 Å². The van der Waals surface area contributed by atoms with Crippen molar-refractivity contribution in [3.63, 3.8) is 0 Å². The molecule has 0 bridgehead atoms. The van der Waals surface area contributed by atoms with Crippen molar-refractivity contribution in [1.29, 1.82) is 0 Å². The Morgan fingerprint density at radius 2 is 1.20 bits per heavy atom. The fourth-order valence-electron chi connectivity index (χ4n) is 5.23. The summed E-state index contributed by atoms with van der Waals surface area (Å²) < 4.78 is 21.9. The molecule has 0 aromatic heterocycles. The van der Waals surface area contributed by atoms with Gasteiger partial charge in [0.2, 0.25) is 0 Å². The number of allylic oxidation sites excluding steroid dienone is 2. The van der Waals surface area contributed by atoms with E-state index in [1.807, 2.05) is 0 Å². The molecule has 0 saturated carbocycles. The molecular weight excluding hydrogens is 580 g/mol. The number of carbonyl (C=O) groups excluding carboxylic acids is 2. The van der Waals surface area contributed by atoms with E-state index < -0.39 is 49.4 Å². The average Bonchev–Trinajstić information content (AvgIpc) is 3.03. The third-order valence-electron chi connectivity index (χ3n) is 8.15. The summed E-state index contributed by atoms with van der Waals surface area (Å²) in [4.78, 5) is 25.0. The maximum absolute atomic E-state index is 12.6. The molecule has 0 radical (unpaired) electrons. The lowest BCUT2D eigenvalue weighted by Gasteiger charge is -2.39. The highest BCUT2D eigenvalue weighted by molar-refractivity contribution is 5.70. The summed E-state index contributed by atoms with van der Waals surface area (Å²) in [6.45, 7) is 3.32. The van der Waals surface area contributed by atoms with Gasteiger partial charge < -0.3 is 39.4 Å². The number of unbranched alkanes of at least 4 members (excludes halogenated alkanes) is 15. The predicted octanol–water partition coefficient (Wildman–Crippen LogP) is 5.66. The van der Waals surface area contributed by atoms with Gasteiger partial charge >= 0.3 is 11.9 Å². The Labute approximate surface area is 271 Å². The summed E-state index contributed by atoms with van der Waals surface area (Å²) in [6, 6.07) is 0. The highest BCUT2D eigenvalue weighted by atomic mass is 16.7.